The predicted molar refractivity (Wildman–Crippen MR) is 80.1 cm³/mol. The summed E-state index contributed by atoms with van der Waals surface area (Å²) in [6, 6.07) is 0. The Labute approximate surface area is 126 Å². The minimum absolute atomic E-state index is 0.0206. The topological polar surface area (TPSA) is 81.7 Å². The van der Waals surface area contributed by atoms with Crippen LogP contribution in [0.4, 0.5) is 0 Å². The maximum Gasteiger partial charge on any atom is 0.303 e. The van der Waals surface area contributed by atoms with E-state index in [0.717, 1.165) is 19.6 Å². The van der Waals surface area contributed by atoms with Crippen LogP contribution < -0.4 is 10.6 Å². The highest BCUT2D eigenvalue weighted by atomic mass is 16.4. The van der Waals surface area contributed by atoms with E-state index in [2.05, 4.69) is 15.5 Å². The van der Waals surface area contributed by atoms with Crippen LogP contribution in [0, 0.1) is 0 Å². The summed E-state index contributed by atoms with van der Waals surface area (Å²) in [5, 5.41) is 14.9. The van der Waals surface area contributed by atoms with Crippen LogP contribution in [0.15, 0.2) is 0 Å². The number of nitrogens with one attached hydrogen (secondary N) is 2. The molecule has 0 aromatic rings. The van der Waals surface area contributed by atoms with E-state index in [1.807, 2.05) is 0 Å². The van der Waals surface area contributed by atoms with Crippen molar-refractivity contribution in [2.45, 2.75) is 50.5 Å². The van der Waals surface area contributed by atoms with E-state index < -0.39 is 5.97 Å². The molecule has 0 bridgehead atoms. The molecule has 0 aromatic carbocycles. The molecule has 1 amide bonds. The molecule has 6 nitrogen and oxygen atoms in total. The van der Waals surface area contributed by atoms with E-state index in [0.29, 0.717) is 19.5 Å². The van der Waals surface area contributed by atoms with Gasteiger partial charge in [0.15, 0.2) is 0 Å². The molecular formula is C15H27N3O3. The second-order valence-electron chi connectivity index (χ2n) is 6.23. The summed E-state index contributed by atoms with van der Waals surface area (Å²) >= 11 is 0. The lowest BCUT2D eigenvalue weighted by Gasteiger charge is -2.49. The first-order valence-corrected chi connectivity index (χ1v) is 8.07. The van der Waals surface area contributed by atoms with E-state index in [1.165, 1.54) is 32.1 Å². The Bertz CT molecular complexity index is 359. The number of hydrogen-bond donors (Lipinski definition) is 3. The summed E-state index contributed by atoms with van der Waals surface area (Å²) in [6.07, 6.45) is 6.75. The molecule has 120 valence electrons. The zero-order chi connectivity index (χ0) is 15.1. The third-order valence-corrected chi connectivity index (χ3v) is 4.69. The van der Waals surface area contributed by atoms with E-state index in [1.54, 1.807) is 0 Å². The minimum atomic E-state index is -0.812. The van der Waals surface area contributed by atoms with Crippen molar-refractivity contribution < 1.29 is 14.7 Å². The van der Waals surface area contributed by atoms with Gasteiger partial charge in [0, 0.05) is 38.1 Å². The molecule has 2 fully saturated rings. The molecule has 21 heavy (non-hydrogen) atoms. The van der Waals surface area contributed by atoms with Crippen molar-refractivity contribution in [3.05, 3.63) is 0 Å². The van der Waals surface area contributed by atoms with Crippen LogP contribution in [0.25, 0.3) is 0 Å². The summed E-state index contributed by atoms with van der Waals surface area (Å²) < 4.78 is 0. The second-order valence-corrected chi connectivity index (χ2v) is 6.23. The highest BCUT2D eigenvalue weighted by Gasteiger charge is 2.40. The Morgan fingerprint density at radius 1 is 1.24 bits per heavy atom. The molecule has 1 aliphatic heterocycles. The summed E-state index contributed by atoms with van der Waals surface area (Å²) in [5.41, 5.74) is 0.162. The lowest BCUT2D eigenvalue weighted by atomic mass is 9.79. The largest absolute Gasteiger partial charge is 0.481 e. The number of carboxylic acids is 1. The Morgan fingerprint density at radius 2 is 2.00 bits per heavy atom. The third kappa shape index (κ3) is 4.68. The average molecular weight is 297 g/mol. The van der Waals surface area contributed by atoms with Crippen LogP contribution in [-0.2, 0) is 9.59 Å². The van der Waals surface area contributed by atoms with Gasteiger partial charge in [0.1, 0.15) is 0 Å². The van der Waals surface area contributed by atoms with E-state index in [4.69, 9.17) is 5.11 Å². The van der Waals surface area contributed by atoms with E-state index in [-0.39, 0.29) is 17.9 Å². The number of carbonyl (C=O) groups excluding carboxylic acids is 1. The maximum atomic E-state index is 12.1. The van der Waals surface area contributed by atoms with Gasteiger partial charge in [-0.3, -0.25) is 14.5 Å². The molecule has 6 heteroatoms. The number of hydrogen-bond acceptors (Lipinski definition) is 4. The van der Waals surface area contributed by atoms with Crippen LogP contribution in [0.2, 0.25) is 0 Å². The van der Waals surface area contributed by atoms with Gasteiger partial charge in [-0.05, 0) is 19.3 Å². The molecule has 1 spiro atoms. The average Bonchev–Trinajstić information content (AvgIpc) is 2.47. The first-order chi connectivity index (χ1) is 10.1. The van der Waals surface area contributed by atoms with E-state index >= 15 is 0 Å². The summed E-state index contributed by atoms with van der Waals surface area (Å²) in [6.45, 7) is 3.73. The molecule has 2 aliphatic rings. The van der Waals surface area contributed by atoms with Gasteiger partial charge in [-0.2, -0.15) is 0 Å². The molecule has 0 aromatic heterocycles. The minimum Gasteiger partial charge on any atom is -0.481 e. The summed E-state index contributed by atoms with van der Waals surface area (Å²) in [4.78, 5) is 24.8. The van der Waals surface area contributed by atoms with Gasteiger partial charge in [0.05, 0.1) is 6.54 Å². The van der Waals surface area contributed by atoms with Gasteiger partial charge in [0.2, 0.25) is 5.91 Å². The molecule has 1 aliphatic carbocycles. The summed E-state index contributed by atoms with van der Waals surface area (Å²) in [7, 11) is 0. The SMILES string of the molecule is O=C(O)CCCNC(=O)CN1CCNCC12CCCCC2. The van der Waals surface area contributed by atoms with Crippen molar-refractivity contribution in [1.82, 2.24) is 15.5 Å². The van der Waals surface area contributed by atoms with E-state index in [9.17, 15) is 9.59 Å². The lowest BCUT2D eigenvalue weighted by molar-refractivity contribution is -0.137. The number of piperazine rings is 1. The lowest BCUT2D eigenvalue weighted by Crippen LogP contribution is -2.63. The maximum absolute atomic E-state index is 12.1. The van der Waals surface area contributed by atoms with Crippen LogP contribution in [0.5, 0.6) is 0 Å². The van der Waals surface area contributed by atoms with Gasteiger partial charge in [-0.25, -0.2) is 0 Å². The first kappa shape index (κ1) is 16.2. The molecule has 1 saturated carbocycles. The van der Waals surface area contributed by atoms with Crippen LogP contribution in [-0.4, -0.2) is 60.1 Å². The quantitative estimate of drug-likeness (QED) is 0.625. The second kappa shape index (κ2) is 7.75. The Morgan fingerprint density at radius 3 is 2.71 bits per heavy atom. The third-order valence-electron chi connectivity index (χ3n) is 4.69. The Hall–Kier alpha value is -1.14. The van der Waals surface area contributed by atoms with Crippen LogP contribution in [0.1, 0.15) is 44.9 Å². The van der Waals surface area contributed by atoms with Crippen molar-refractivity contribution >= 4 is 11.9 Å². The van der Waals surface area contributed by atoms with Crippen LogP contribution >= 0.6 is 0 Å². The predicted octanol–water partition coefficient (Wildman–Crippen LogP) is 0.576. The zero-order valence-corrected chi connectivity index (χ0v) is 12.7. The van der Waals surface area contributed by atoms with Gasteiger partial charge in [-0.15, -0.1) is 0 Å². The molecule has 1 heterocycles. The van der Waals surface area contributed by atoms with Crippen molar-refractivity contribution in [3.63, 3.8) is 0 Å². The highest BCUT2D eigenvalue weighted by molar-refractivity contribution is 5.78. The standard InChI is InChI=1S/C15H27N3O3/c19-13(17-8-4-5-14(20)21)11-18-10-9-16-12-15(18)6-2-1-3-7-15/h16H,1-12H2,(H,17,19)(H,20,21). The molecule has 2 rings (SSSR count). The number of carbonyl (C=O) groups is 2. The fourth-order valence-corrected chi connectivity index (χ4v) is 3.53. The number of carboxylic acid groups (broad SMARTS) is 1. The highest BCUT2D eigenvalue weighted by Crippen LogP contribution is 2.34. The smallest absolute Gasteiger partial charge is 0.303 e. The number of amides is 1. The monoisotopic (exact) mass is 297 g/mol. The van der Waals surface area contributed by atoms with Gasteiger partial charge in [0.25, 0.3) is 0 Å². The van der Waals surface area contributed by atoms with Crippen LogP contribution in [0.3, 0.4) is 0 Å². The van der Waals surface area contributed by atoms with Crippen molar-refractivity contribution in [2.24, 2.45) is 0 Å². The van der Waals surface area contributed by atoms with Crippen molar-refractivity contribution in [1.29, 1.82) is 0 Å². The molecule has 0 radical (unpaired) electrons. The molecular weight excluding hydrogens is 270 g/mol. The van der Waals surface area contributed by atoms with Crippen molar-refractivity contribution in [3.8, 4) is 0 Å². The fourth-order valence-electron chi connectivity index (χ4n) is 3.53. The van der Waals surface area contributed by atoms with Crippen molar-refractivity contribution in [2.75, 3.05) is 32.7 Å². The Kier molecular flexibility index (Phi) is 5.99. The normalized spacial score (nSPS) is 22.1. The fraction of sp³-hybridized carbons (Fsp3) is 0.867. The van der Waals surface area contributed by atoms with Gasteiger partial charge < -0.3 is 15.7 Å². The number of nitrogens with zero attached hydrogens (tertiary/aromatic N) is 1. The first-order valence-electron chi connectivity index (χ1n) is 8.07. The molecule has 0 unspecified atom stereocenters. The molecule has 1 saturated heterocycles. The zero-order valence-electron chi connectivity index (χ0n) is 12.7. The van der Waals surface area contributed by atoms with Gasteiger partial charge in [-0.1, -0.05) is 19.3 Å². The van der Waals surface area contributed by atoms with Gasteiger partial charge >= 0.3 is 5.97 Å². The number of rotatable bonds is 6. The number of aliphatic carboxylic acids is 1. The summed E-state index contributed by atoms with van der Waals surface area (Å²) in [5.74, 6) is -0.792. The molecule has 0 atom stereocenters. The Balaban J connectivity index is 1.79. The molecule has 3 N–H and O–H groups in total.